The van der Waals surface area contributed by atoms with Crippen LogP contribution in [-0.2, 0) is 7.05 Å². The molecule has 0 spiro atoms. The van der Waals surface area contributed by atoms with Gasteiger partial charge >= 0.3 is 0 Å². The van der Waals surface area contributed by atoms with Crippen molar-refractivity contribution in [1.82, 2.24) is 9.78 Å². The molecule has 1 aromatic carbocycles. The Hall–Kier alpha value is -1.72. The highest BCUT2D eigenvalue weighted by Crippen LogP contribution is 2.35. The van der Waals surface area contributed by atoms with Crippen molar-refractivity contribution in [3.05, 3.63) is 45.7 Å². The smallest absolute Gasteiger partial charge is 0.139 e. The summed E-state index contributed by atoms with van der Waals surface area (Å²) in [7, 11) is 3.24. The third kappa shape index (κ3) is 2.39. The van der Waals surface area contributed by atoms with Crippen LogP contribution >= 0.6 is 23.2 Å². The molecule has 19 heavy (non-hydrogen) atoms. The summed E-state index contributed by atoms with van der Waals surface area (Å²) in [4.78, 5) is 0. The Bertz CT molecular complexity index is 638. The topological polar surface area (TPSA) is 59.6 Å². The van der Waals surface area contributed by atoms with Crippen molar-refractivity contribution < 1.29 is 9.94 Å². The van der Waals surface area contributed by atoms with Crippen molar-refractivity contribution in [3.63, 3.8) is 0 Å². The zero-order chi connectivity index (χ0) is 14.0. The summed E-state index contributed by atoms with van der Waals surface area (Å²) in [6.45, 7) is 0. The molecular formula is C12H11Cl2N3O2. The summed E-state index contributed by atoms with van der Waals surface area (Å²) in [5.74, 6) is 0.456. The van der Waals surface area contributed by atoms with Gasteiger partial charge in [0.25, 0.3) is 0 Å². The fourth-order valence-electron chi connectivity index (χ4n) is 1.72. The van der Waals surface area contributed by atoms with Crippen molar-refractivity contribution in [1.29, 1.82) is 0 Å². The molecule has 1 heterocycles. The standard InChI is InChI=1S/C12H11Cl2N3O2/c1-17-8(5-6-15-17)12(16-18)7-3-4-9(19-2)11(14)10(7)13/h3-6,18H,1-2H3/b16-12-. The van der Waals surface area contributed by atoms with E-state index in [0.29, 0.717) is 17.0 Å². The molecule has 0 aliphatic heterocycles. The molecule has 0 aliphatic carbocycles. The van der Waals surface area contributed by atoms with E-state index in [0.717, 1.165) is 0 Å². The van der Waals surface area contributed by atoms with Crippen molar-refractivity contribution in [2.24, 2.45) is 12.2 Å². The lowest BCUT2D eigenvalue weighted by molar-refractivity contribution is 0.319. The quantitative estimate of drug-likeness (QED) is 0.538. The van der Waals surface area contributed by atoms with Crippen LogP contribution < -0.4 is 4.74 Å². The van der Waals surface area contributed by atoms with E-state index in [1.807, 2.05) is 0 Å². The Morgan fingerprint density at radius 3 is 2.58 bits per heavy atom. The van der Waals surface area contributed by atoms with E-state index in [1.54, 1.807) is 36.1 Å². The van der Waals surface area contributed by atoms with Gasteiger partial charge in [-0.05, 0) is 18.2 Å². The van der Waals surface area contributed by atoms with Gasteiger partial charge in [-0.1, -0.05) is 28.4 Å². The van der Waals surface area contributed by atoms with Crippen LogP contribution in [0.5, 0.6) is 5.75 Å². The van der Waals surface area contributed by atoms with Crippen LogP contribution in [0.2, 0.25) is 10.0 Å². The summed E-state index contributed by atoms with van der Waals surface area (Å²) in [5, 5.41) is 17.1. The van der Waals surface area contributed by atoms with Crippen molar-refractivity contribution in [2.45, 2.75) is 0 Å². The first-order chi connectivity index (χ1) is 9.10. The van der Waals surface area contributed by atoms with Gasteiger partial charge in [-0.3, -0.25) is 4.68 Å². The maximum absolute atomic E-state index is 9.23. The number of aryl methyl sites for hydroxylation is 1. The predicted octanol–water partition coefficient (Wildman–Crippen LogP) is 2.96. The highest BCUT2D eigenvalue weighted by molar-refractivity contribution is 6.45. The van der Waals surface area contributed by atoms with Gasteiger partial charge in [0.2, 0.25) is 0 Å². The molecule has 0 radical (unpaired) electrons. The molecule has 2 rings (SSSR count). The largest absolute Gasteiger partial charge is 0.495 e. The average Bonchev–Trinajstić information content (AvgIpc) is 2.82. The summed E-state index contributed by atoms with van der Waals surface area (Å²) in [5.41, 5.74) is 1.40. The molecule has 0 bridgehead atoms. The maximum Gasteiger partial charge on any atom is 0.139 e. The van der Waals surface area contributed by atoms with Gasteiger partial charge in [-0.15, -0.1) is 0 Å². The van der Waals surface area contributed by atoms with Gasteiger partial charge in [0.1, 0.15) is 16.5 Å². The molecule has 0 amide bonds. The van der Waals surface area contributed by atoms with E-state index >= 15 is 0 Å². The van der Waals surface area contributed by atoms with Gasteiger partial charge in [-0.25, -0.2) is 0 Å². The number of rotatable bonds is 3. The van der Waals surface area contributed by atoms with E-state index in [9.17, 15) is 5.21 Å². The second-order valence-corrected chi connectivity index (χ2v) is 4.49. The van der Waals surface area contributed by atoms with Gasteiger partial charge in [-0.2, -0.15) is 5.10 Å². The predicted molar refractivity (Wildman–Crippen MR) is 73.6 cm³/mol. The molecule has 7 heteroatoms. The van der Waals surface area contributed by atoms with E-state index in [4.69, 9.17) is 27.9 Å². The highest BCUT2D eigenvalue weighted by atomic mass is 35.5. The number of benzene rings is 1. The number of nitrogens with zero attached hydrogens (tertiary/aromatic N) is 3. The van der Waals surface area contributed by atoms with Crippen LogP contribution in [0, 0.1) is 0 Å². The fourth-order valence-corrected chi connectivity index (χ4v) is 2.21. The first-order valence-corrected chi connectivity index (χ1v) is 6.08. The summed E-state index contributed by atoms with van der Waals surface area (Å²) < 4.78 is 6.65. The van der Waals surface area contributed by atoms with Crippen molar-refractivity contribution in [3.8, 4) is 5.75 Å². The number of halogens is 2. The molecule has 1 N–H and O–H groups in total. The molecule has 0 atom stereocenters. The van der Waals surface area contributed by atoms with Crippen LogP contribution in [0.15, 0.2) is 29.6 Å². The first-order valence-electron chi connectivity index (χ1n) is 5.33. The third-order valence-corrected chi connectivity index (χ3v) is 3.55. The van der Waals surface area contributed by atoms with E-state index in [1.165, 1.54) is 7.11 Å². The normalized spacial score (nSPS) is 11.7. The Labute approximate surface area is 120 Å². The van der Waals surface area contributed by atoms with E-state index in [-0.39, 0.29) is 15.8 Å². The summed E-state index contributed by atoms with van der Waals surface area (Å²) in [6.07, 6.45) is 1.60. The number of oxime groups is 1. The fraction of sp³-hybridized carbons (Fsp3) is 0.167. The number of aromatic nitrogens is 2. The lowest BCUT2D eigenvalue weighted by atomic mass is 10.1. The van der Waals surface area contributed by atoms with Crippen LogP contribution in [0.25, 0.3) is 0 Å². The van der Waals surface area contributed by atoms with Crippen LogP contribution in [-0.4, -0.2) is 27.8 Å². The molecule has 0 unspecified atom stereocenters. The number of ether oxygens (including phenoxy) is 1. The monoisotopic (exact) mass is 299 g/mol. The molecule has 0 aliphatic rings. The van der Waals surface area contributed by atoms with Gasteiger partial charge < -0.3 is 9.94 Å². The number of methoxy groups -OCH3 is 1. The number of hydrogen-bond donors (Lipinski definition) is 1. The lowest BCUT2D eigenvalue weighted by Crippen LogP contribution is -2.10. The van der Waals surface area contributed by atoms with Gasteiger partial charge in [0.05, 0.1) is 17.8 Å². The number of hydrogen-bond acceptors (Lipinski definition) is 4. The minimum atomic E-state index is 0.259. The minimum absolute atomic E-state index is 0.259. The second kappa shape index (κ2) is 5.50. The lowest BCUT2D eigenvalue weighted by Gasteiger charge is -2.11. The van der Waals surface area contributed by atoms with Gasteiger partial charge in [0.15, 0.2) is 0 Å². The molecule has 5 nitrogen and oxygen atoms in total. The Morgan fingerprint density at radius 2 is 2.05 bits per heavy atom. The SMILES string of the molecule is COc1ccc(/C(=N/O)c2ccnn2C)c(Cl)c1Cl. The van der Waals surface area contributed by atoms with Crippen LogP contribution in [0.3, 0.4) is 0 Å². The molecule has 2 aromatic rings. The minimum Gasteiger partial charge on any atom is -0.495 e. The Kier molecular flexibility index (Phi) is 3.97. The maximum atomic E-state index is 9.23. The molecule has 1 aromatic heterocycles. The van der Waals surface area contributed by atoms with Gasteiger partial charge in [0, 0.05) is 18.8 Å². The highest BCUT2D eigenvalue weighted by Gasteiger charge is 2.18. The van der Waals surface area contributed by atoms with E-state index in [2.05, 4.69) is 10.3 Å². The van der Waals surface area contributed by atoms with Crippen molar-refractivity contribution in [2.75, 3.05) is 7.11 Å². The summed E-state index contributed by atoms with van der Waals surface area (Å²) in [6, 6.07) is 5.05. The molecule has 100 valence electrons. The molecular weight excluding hydrogens is 289 g/mol. The second-order valence-electron chi connectivity index (χ2n) is 3.73. The van der Waals surface area contributed by atoms with Crippen LogP contribution in [0.4, 0.5) is 0 Å². The third-order valence-electron chi connectivity index (χ3n) is 2.69. The Balaban J connectivity index is 2.58. The zero-order valence-corrected chi connectivity index (χ0v) is 11.8. The first kappa shape index (κ1) is 13.7. The van der Waals surface area contributed by atoms with Crippen molar-refractivity contribution >= 4 is 28.9 Å². The average molecular weight is 300 g/mol. The molecule has 0 saturated carbocycles. The van der Waals surface area contributed by atoms with Crippen LogP contribution in [0.1, 0.15) is 11.3 Å². The Morgan fingerprint density at radius 1 is 1.32 bits per heavy atom. The van der Waals surface area contributed by atoms with E-state index < -0.39 is 0 Å². The summed E-state index contributed by atoms with van der Waals surface area (Å²) >= 11 is 12.3. The zero-order valence-electron chi connectivity index (χ0n) is 10.3. The molecule has 0 saturated heterocycles. The molecule has 0 fully saturated rings.